The number of hydrogen-bond donors (Lipinski definition) is 0. The molecule has 0 saturated carbocycles. The molecule has 1 aliphatic heterocycles. The van der Waals surface area contributed by atoms with Gasteiger partial charge < -0.3 is 19.1 Å². The second kappa shape index (κ2) is 9.00. The molecular weight excluding hydrogens is 354 g/mol. The summed E-state index contributed by atoms with van der Waals surface area (Å²) in [5.74, 6) is 2.20. The number of ether oxygens (including phenoxy) is 3. The van der Waals surface area contributed by atoms with Crippen molar-refractivity contribution in [2.75, 3.05) is 26.8 Å². The standard InChI is InChI=1S/C23H29NO4/c1-5-27-20-9-8-18(15-22(20)26-4)23(25)24-12-10-19(11-13-24)28-21-14-16(2)6-7-17(21)3/h6-9,14-15,19H,5,10-13H2,1-4H3. The molecule has 0 radical (unpaired) electrons. The number of piperidine rings is 1. The minimum Gasteiger partial charge on any atom is -0.493 e. The number of nitrogens with zero attached hydrogens (tertiary/aromatic N) is 1. The molecule has 28 heavy (non-hydrogen) atoms. The Morgan fingerprint density at radius 1 is 1.04 bits per heavy atom. The van der Waals surface area contributed by atoms with Crippen molar-refractivity contribution < 1.29 is 19.0 Å². The highest BCUT2D eigenvalue weighted by molar-refractivity contribution is 5.95. The summed E-state index contributed by atoms with van der Waals surface area (Å²) in [4.78, 5) is 14.8. The van der Waals surface area contributed by atoms with Crippen molar-refractivity contribution in [3.05, 3.63) is 53.1 Å². The summed E-state index contributed by atoms with van der Waals surface area (Å²) in [5.41, 5.74) is 2.96. The zero-order chi connectivity index (χ0) is 20.1. The highest BCUT2D eigenvalue weighted by atomic mass is 16.5. The van der Waals surface area contributed by atoms with Crippen LogP contribution in [0.3, 0.4) is 0 Å². The number of rotatable bonds is 6. The van der Waals surface area contributed by atoms with Gasteiger partial charge in [-0.25, -0.2) is 0 Å². The summed E-state index contributed by atoms with van der Waals surface area (Å²) in [6, 6.07) is 11.6. The predicted molar refractivity (Wildman–Crippen MR) is 110 cm³/mol. The first-order valence-corrected chi connectivity index (χ1v) is 9.85. The van der Waals surface area contributed by atoms with Gasteiger partial charge >= 0.3 is 0 Å². The molecule has 1 amide bonds. The Morgan fingerprint density at radius 2 is 1.79 bits per heavy atom. The van der Waals surface area contributed by atoms with Crippen molar-refractivity contribution in [2.24, 2.45) is 0 Å². The lowest BCUT2D eigenvalue weighted by atomic mass is 10.1. The molecule has 1 aliphatic rings. The fourth-order valence-electron chi connectivity index (χ4n) is 3.45. The Kier molecular flexibility index (Phi) is 6.45. The van der Waals surface area contributed by atoms with Crippen LogP contribution in [0.25, 0.3) is 0 Å². The third-order valence-electron chi connectivity index (χ3n) is 5.08. The fourth-order valence-corrected chi connectivity index (χ4v) is 3.45. The van der Waals surface area contributed by atoms with Crippen LogP contribution in [-0.4, -0.2) is 43.7 Å². The van der Waals surface area contributed by atoms with Gasteiger partial charge in [0.2, 0.25) is 0 Å². The number of carbonyl (C=O) groups excluding carboxylic acids is 1. The van der Waals surface area contributed by atoms with Gasteiger partial charge in [-0.05, 0) is 56.2 Å². The normalized spacial score (nSPS) is 14.6. The summed E-state index contributed by atoms with van der Waals surface area (Å²) < 4.78 is 17.1. The summed E-state index contributed by atoms with van der Waals surface area (Å²) >= 11 is 0. The average molecular weight is 383 g/mol. The highest BCUT2D eigenvalue weighted by Crippen LogP contribution is 2.29. The van der Waals surface area contributed by atoms with Gasteiger partial charge in [-0.1, -0.05) is 12.1 Å². The van der Waals surface area contributed by atoms with Gasteiger partial charge in [-0.15, -0.1) is 0 Å². The van der Waals surface area contributed by atoms with E-state index in [0.29, 0.717) is 36.8 Å². The zero-order valence-corrected chi connectivity index (χ0v) is 17.2. The molecule has 0 bridgehead atoms. The molecule has 5 nitrogen and oxygen atoms in total. The van der Waals surface area contributed by atoms with Crippen LogP contribution in [0, 0.1) is 13.8 Å². The Balaban J connectivity index is 1.61. The van der Waals surface area contributed by atoms with E-state index < -0.39 is 0 Å². The van der Waals surface area contributed by atoms with Gasteiger partial charge in [0.15, 0.2) is 11.5 Å². The van der Waals surface area contributed by atoms with E-state index >= 15 is 0 Å². The molecule has 2 aromatic carbocycles. The summed E-state index contributed by atoms with van der Waals surface area (Å²) in [6.45, 7) is 7.97. The second-order valence-electron chi connectivity index (χ2n) is 7.18. The van der Waals surface area contributed by atoms with Gasteiger partial charge in [-0.2, -0.15) is 0 Å². The van der Waals surface area contributed by atoms with Gasteiger partial charge in [0.1, 0.15) is 11.9 Å². The average Bonchev–Trinajstić information content (AvgIpc) is 2.71. The highest BCUT2D eigenvalue weighted by Gasteiger charge is 2.25. The minimum absolute atomic E-state index is 0.0199. The third-order valence-corrected chi connectivity index (χ3v) is 5.08. The summed E-state index contributed by atoms with van der Waals surface area (Å²) in [5, 5.41) is 0. The molecule has 2 aromatic rings. The van der Waals surface area contributed by atoms with Crippen LogP contribution in [-0.2, 0) is 0 Å². The summed E-state index contributed by atoms with van der Waals surface area (Å²) in [7, 11) is 1.59. The van der Waals surface area contributed by atoms with Gasteiger partial charge in [0, 0.05) is 31.5 Å². The maximum Gasteiger partial charge on any atom is 0.253 e. The molecule has 0 unspecified atom stereocenters. The largest absolute Gasteiger partial charge is 0.493 e. The van der Waals surface area contributed by atoms with E-state index in [0.717, 1.165) is 24.2 Å². The Hall–Kier alpha value is -2.69. The van der Waals surface area contributed by atoms with Crippen LogP contribution in [0.15, 0.2) is 36.4 Å². The number of hydrogen-bond acceptors (Lipinski definition) is 4. The topological polar surface area (TPSA) is 48.0 Å². The van der Waals surface area contributed by atoms with Crippen molar-refractivity contribution >= 4 is 5.91 Å². The van der Waals surface area contributed by atoms with Crippen molar-refractivity contribution in [3.8, 4) is 17.2 Å². The lowest BCUT2D eigenvalue weighted by Gasteiger charge is -2.32. The molecule has 1 saturated heterocycles. The van der Waals surface area contributed by atoms with Crippen molar-refractivity contribution in [2.45, 2.75) is 39.7 Å². The van der Waals surface area contributed by atoms with Crippen LogP contribution >= 0.6 is 0 Å². The molecule has 1 heterocycles. The van der Waals surface area contributed by atoms with Crippen molar-refractivity contribution in [3.63, 3.8) is 0 Å². The number of methoxy groups -OCH3 is 1. The van der Waals surface area contributed by atoms with Crippen molar-refractivity contribution in [1.82, 2.24) is 4.90 Å². The number of benzene rings is 2. The zero-order valence-electron chi connectivity index (χ0n) is 17.2. The van der Waals surface area contributed by atoms with Crippen LogP contribution in [0.2, 0.25) is 0 Å². The Bertz CT molecular complexity index is 825. The number of carbonyl (C=O) groups is 1. The van der Waals surface area contributed by atoms with Crippen LogP contribution < -0.4 is 14.2 Å². The van der Waals surface area contributed by atoms with Gasteiger partial charge in [0.25, 0.3) is 5.91 Å². The van der Waals surface area contributed by atoms with E-state index in [1.54, 1.807) is 25.3 Å². The maximum absolute atomic E-state index is 12.9. The maximum atomic E-state index is 12.9. The van der Waals surface area contributed by atoms with Gasteiger partial charge in [0.05, 0.1) is 13.7 Å². The molecule has 0 N–H and O–H groups in total. The Morgan fingerprint density at radius 3 is 2.46 bits per heavy atom. The number of amides is 1. The fraction of sp³-hybridized carbons (Fsp3) is 0.435. The first-order chi connectivity index (χ1) is 13.5. The van der Waals surface area contributed by atoms with E-state index in [1.165, 1.54) is 5.56 Å². The first kappa shape index (κ1) is 20.1. The van der Waals surface area contributed by atoms with E-state index in [2.05, 4.69) is 32.0 Å². The Labute approximate surface area is 167 Å². The van der Waals surface area contributed by atoms with E-state index in [9.17, 15) is 4.79 Å². The quantitative estimate of drug-likeness (QED) is 0.742. The number of aryl methyl sites for hydroxylation is 2. The molecule has 1 fully saturated rings. The molecule has 0 atom stereocenters. The predicted octanol–water partition coefficient (Wildman–Crippen LogP) is 4.39. The lowest BCUT2D eigenvalue weighted by Crippen LogP contribution is -2.41. The van der Waals surface area contributed by atoms with Crippen LogP contribution in [0.4, 0.5) is 0 Å². The molecule has 0 aromatic heterocycles. The molecular formula is C23H29NO4. The van der Waals surface area contributed by atoms with Crippen molar-refractivity contribution in [1.29, 1.82) is 0 Å². The molecule has 0 aliphatic carbocycles. The van der Waals surface area contributed by atoms with E-state index in [-0.39, 0.29) is 12.0 Å². The van der Waals surface area contributed by atoms with Gasteiger partial charge in [-0.3, -0.25) is 4.79 Å². The molecule has 5 heteroatoms. The third kappa shape index (κ3) is 4.58. The smallest absolute Gasteiger partial charge is 0.253 e. The molecule has 150 valence electrons. The monoisotopic (exact) mass is 383 g/mol. The lowest BCUT2D eigenvalue weighted by molar-refractivity contribution is 0.0594. The van der Waals surface area contributed by atoms with Crippen LogP contribution in [0.5, 0.6) is 17.2 Å². The number of likely N-dealkylation sites (tertiary alicyclic amines) is 1. The van der Waals surface area contributed by atoms with E-state index in [1.807, 2.05) is 11.8 Å². The summed E-state index contributed by atoms with van der Waals surface area (Å²) in [6.07, 6.45) is 1.79. The molecule has 3 rings (SSSR count). The SMILES string of the molecule is CCOc1ccc(C(=O)N2CCC(Oc3cc(C)ccc3C)CC2)cc1OC. The first-order valence-electron chi connectivity index (χ1n) is 9.85. The van der Waals surface area contributed by atoms with Crippen LogP contribution in [0.1, 0.15) is 41.3 Å². The molecule has 0 spiro atoms. The van der Waals surface area contributed by atoms with E-state index in [4.69, 9.17) is 14.2 Å². The second-order valence-corrected chi connectivity index (χ2v) is 7.18. The minimum atomic E-state index is 0.0199.